The molecule has 1 atom stereocenters. The van der Waals surface area contributed by atoms with Gasteiger partial charge in [0.1, 0.15) is 0 Å². The zero-order valence-corrected chi connectivity index (χ0v) is 12.6. The monoisotopic (exact) mass is 298 g/mol. The summed E-state index contributed by atoms with van der Waals surface area (Å²) in [6.07, 6.45) is 5.38. The minimum Gasteiger partial charge on any atom is -0.342 e. The molecule has 6 nitrogen and oxygen atoms in total. The summed E-state index contributed by atoms with van der Waals surface area (Å²) in [5, 5.41) is 3.01. The van der Waals surface area contributed by atoms with Crippen molar-refractivity contribution < 1.29 is 4.79 Å². The Kier molecular flexibility index (Phi) is 3.75. The van der Waals surface area contributed by atoms with E-state index in [2.05, 4.69) is 15.3 Å². The number of aromatic nitrogens is 3. The first-order valence-electron chi connectivity index (χ1n) is 7.31. The summed E-state index contributed by atoms with van der Waals surface area (Å²) in [4.78, 5) is 32.6. The van der Waals surface area contributed by atoms with Crippen molar-refractivity contribution in [1.29, 1.82) is 0 Å². The zero-order chi connectivity index (χ0) is 15.7. The van der Waals surface area contributed by atoms with E-state index in [1.807, 2.05) is 13.0 Å². The maximum atomic E-state index is 12.4. The lowest BCUT2D eigenvalue weighted by Gasteiger charge is -2.17. The number of carbonyl (C=O) groups is 1. The van der Waals surface area contributed by atoms with Gasteiger partial charge in [0.15, 0.2) is 5.82 Å². The molecule has 1 fully saturated rings. The molecule has 6 heteroatoms. The second kappa shape index (κ2) is 5.71. The van der Waals surface area contributed by atoms with Gasteiger partial charge in [0.2, 0.25) is 5.56 Å². The van der Waals surface area contributed by atoms with E-state index in [0.29, 0.717) is 17.3 Å². The molecular formula is C16H18N4O2. The summed E-state index contributed by atoms with van der Waals surface area (Å²) in [6.45, 7) is 1.91. The highest BCUT2D eigenvalue weighted by atomic mass is 16.2. The molecule has 0 aliphatic heterocycles. The summed E-state index contributed by atoms with van der Waals surface area (Å²) in [5.74, 6) is 0.830. The molecule has 114 valence electrons. The standard InChI is InChI=1S/C16H18N4O2/c1-10-7-8-17-15(18-10)14(11-3-4-11)19-16(22)12-5-6-13(21)20(2)9-12/h5-9,11,14H,3-4H2,1-2H3,(H,19,22)/t14-/m1/s1. The van der Waals surface area contributed by atoms with E-state index in [9.17, 15) is 9.59 Å². The Morgan fingerprint density at radius 2 is 2.14 bits per heavy atom. The molecule has 0 aromatic carbocycles. The Labute approximate surface area is 128 Å². The van der Waals surface area contributed by atoms with E-state index in [1.54, 1.807) is 25.5 Å². The third-order valence-electron chi connectivity index (χ3n) is 3.82. The number of amides is 1. The predicted octanol–water partition coefficient (Wildman–Crippen LogP) is 1.36. The fourth-order valence-electron chi connectivity index (χ4n) is 2.39. The molecule has 2 heterocycles. The fourth-order valence-corrected chi connectivity index (χ4v) is 2.39. The van der Waals surface area contributed by atoms with Crippen molar-refractivity contribution in [2.45, 2.75) is 25.8 Å². The van der Waals surface area contributed by atoms with E-state index >= 15 is 0 Å². The zero-order valence-electron chi connectivity index (χ0n) is 12.6. The van der Waals surface area contributed by atoms with Gasteiger partial charge in [0.05, 0.1) is 11.6 Å². The number of carbonyl (C=O) groups excluding carboxylic acids is 1. The number of hydrogen-bond acceptors (Lipinski definition) is 4. The molecule has 1 N–H and O–H groups in total. The van der Waals surface area contributed by atoms with E-state index in [0.717, 1.165) is 18.5 Å². The topological polar surface area (TPSA) is 76.9 Å². The number of nitrogens with one attached hydrogen (secondary N) is 1. The van der Waals surface area contributed by atoms with Crippen molar-refractivity contribution in [1.82, 2.24) is 19.9 Å². The van der Waals surface area contributed by atoms with Crippen LogP contribution in [0.15, 0.2) is 35.4 Å². The van der Waals surface area contributed by atoms with Gasteiger partial charge in [0.25, 0.3) is 5.91 Å². The normalized spacial score (nSPS) is 15.4. The highest BCUT2D eigenvalue weighted by Gasteiger charge is 2.35. The second-order valence-corrected chi connectivity index (χ2v) is 5.71. The SMILES string of the molecule is Cc1ccnc([C@H](NC(=O)c2ccc(=O)n(C)c2)C2CC2)n1. The first-order valence-corrected chi connectivity index (χ1v) is 7.31. The molecule has 0 bridgehead atoms. The molecule has 22 heavy (non-hydrogen) atoms. The van der Waals surface area contributed by atoms with Crippen LogP contribution < -0.4 is 10.9 Å². The molecule has 3 rings (SSSR count). The van der Waals surface area contributed by atoms with Gasteiger partial charge in [-0.1, -0.05) is 0 Å². The lowest BCUT2D eigenvalue weighted by molar-refractivity contribution is 0.0928. The molecule has 1 aliphatic carbocycles. The van der Waals surface area contributed by atoms with Gasteiger partial charge in [-0.05, 0) is 37.8 Å². The van der Waals surface area contributed by atoms with E-state index in [-0.39, 0.29) is 17.5 Å². The van der Waals surface area contributed by atoms with Gasteiger partial charge in [-0.2, -0.15) is 0 Å². The molecule has 0 radical (unpaired) electrons. The van der Waals surface area contributed by atoms with Gasteiger partial charge in [-0.15, -0.1) is 0 Å². The van der Waals surface area contributed by atoms with Gasteiger partial charge in [-0.3, -0.25) is 9.59 Å². The van der Waals surface area contributed by atoms with Crippen LogP contribution in [0.4, 0.5) is 0 Å². The van der Waals surface area contributed by atoms with Crippen LogP contribution in [0.1, 0.15) is 40.8 Å². The van der Waals surface area contributed by atoms with Gasteiger partial charge in [-0.25, -0.2) is 9.97 Å². The highest BCUT2D eigenvalue weighted by molar-refractivity contribution is 5.94. The first-order chi connectivity index (χ1) is 10.5. The Morgan fingerprint density at radius 3 is 2.77 bits per heavy atom. The molecular weight excluding hydrogens is 280 g/mol. The molecule has 0 spiro atoms. The van der Waals surface area contributed by atoms with Crippen molar-refractivity contribution in [3.63, 3.8) is 0 Å². The van der Waals surface area contributed by atoms with E-state index < -0.39 is 0 Å². The summed E-state index contributed by atoms with van der Waals surface area (Å²) < 4.78 is 1.39. The van der Waals surface area contributed by atoms with Crippen molar-refractivity contribution in [3.05, 3.63) is 58.0 Å². The largest absolute Gasteiger partial charge is 0.342 e. The molecule has 0 unspecified atom stereocenters. The summed E-state index contributed by atoms with van der Waals surface area (Å²) in [7, 11) is 1.63. The third-order valence-corrected chi connectivity index (χ3v) is 3.82. The van der Waals surface area contributed by atoms with Gasteiger partial charge in [0, 0.05) is 31.2 Å². The summed E-state index contributed by atoms with van der Waals surface area (Å²) in [6, 6.07) is 4.59. The lowest BCUT2D eigenvalue weighted by Crippen LogP contribution is -2.32. The average Bonchev–Trinajstić information content (AvgIpc) is 3.32. The van der Waals surface area contributed by atoms with Crippen LogP contribution >= 0.6 is 0 Å². The number of rotatable bonds is 4. The maximum absolute atomic E-state index is 12.4. The van der Waals surface area contributed by atoms with Crippen LogP contribution in [0.3, 0.4) is 0 Å². The summed E-state index contributed by atoms with van der Waals surface area (Å²) >= 11 is 0. The molecule has 2 aromatic heterocycles. The molecule has 1 aliphatic rings. The second-order valence-electron chi connectivity index (χ2n) is 5.71. The van der Waals surface area contributed by atoms with Crippen LogP contribution in [0, 0.1) is 12.8 Å². The number of pyridine rings is 1. The Hall–Kier alpha value is -2.50. The lowest BCUT2D eigenvalue weighted by atomic mass is 10.1. The van der Waals surface area contributed by atoms with Gasteiger partial charge < -0.3 is 9.88 Å². The van der Waals surface area contributed by atoms with Crippen molar-refractivity contribution >= 4 is 5.91 Å². The Balaban J connectivity index is 1.83. The summed E-state index contributed by atoms with van der Waals surface area (Å²) in [5.41, 5.74) is 1.20. The van der Waals surface area contributed by atoms with Crippen LogP contribution in [-0.2, 0) is 7.05 Å². The average molecular weight is 298 g/mol. The highest BCUT2D eigenvalue weighted by Crippen LogP contribution is 2.40. The fraction of sp³-hybridized carbons (Fsp3) is 0.375. The number of hydrogen-bond donors (Lipinski definition) is 1. The molecule has 0 saturated heterocycles. The number of aryl methyl sites for hydroxylation is 2. The Morgan fingerprint density at radius 1 is 1.36 bits per heavy atom. The van der Waals surface area contributed by atoms with E-state index in [4.69, 9.17) is 0 Å². The Bertz CT molecular complexity index is 765. The predicted molar refractivity (Wildman–Crippen MR) is 81.4 cm³/mol. The number of nitrogens with zero attached hydrogens (tertiary/aromatic N) is 3. The van der Waals surface area contributed by atoms with Gasteiger partial charge >= 0.3 is 0 Å². The minimum atomic E-state index is -0.211. The molecule has 1 amide bonds. The van der Waals surface area contributed by atoms with Crippen LogP contribution in [0.2, 0.25) is 0 Å². The van der Waals surface area contributed by atoms with E-state index in [1.165, 1.54) is 10.6 Å². The quantitative estimate of drug-likeness (QED) is 0.924. The first kappa shape index (κ1) is 14.4. The van der Waals surface area contributed by atoms with Crippen molar-refractivity contribution in [2.24, 2.45) is 13.0 Å². The maximum Gasteiger partial charge on any atom is 0.253 e. The molecule has 1 saturated carbocycles. The minimum absolute atomic E-state index is 0.141. The van der Waals surface area contributed by atoms with Crippen molar-refractivity contribution in [3.8, 4) is 0 Å². The smallest absolute Gasteiger partial charge is 0.253 e. The van der Waals surface area contributed by atoms with Crippen LogP contribution in [-0.4, -0.2) is 20.4 Å². The van der Waals surface area contributed by atoms with Crippen molar-refractivity contribution in [2.75, 3.05) is 0 Å². The third kappa shape index (κ3) is 3.05. The molecule has 2 aromatic rings. The van der Waals surface area contributed by atoms with Crippen LogP contribution in [0.25, 0.3) is 0 Å². The van der Waals surface area contributed by atoms with Crippen LogP contribution in [0.5, 0.6) is 0 Å².